The molecule has 0 aliphatic rings. The number of thiophene rings is 1. The van der Waals surface area contributed by atoms with E-state index in [2.05, 4.69) is 31.5 Å². The van der Waals surface area contributed by atoms with E-state index in [0.29, 0.717) is 10.7 Å². The van der Waals surface area contributed by atoms with Crippen LogP contribution in [0.4, 0.5) is 5.13 Å². The number of nitrogens with one attached hydrogen (secondary N) is 2. The second kappa shape index (κ2) is 8.37. The van der Waals surface area contributed by atoms with Crippen LogP contribution in [0.2, 0.25) is 0 Å². The predicted octanol–water partition coefficient (Wildman–Crippen LogP) is 4.39. The third kappa shape index (κ3) is 4.97. The molecular formula is C17H14BrN3O2S2. The second-order valence-corrected chi connectivity index (χ2v) is 7.67. The number of anilines is 1. The van der Waals surface area contributed by atoms with Gasteiger partial charge in [-0.1, -0.05) is 28.1 Å². The molecule has 2 amide bonds. The molecule has 0 spiro atoms. The maximum Gasteiger partial charge on any atom is 0.252 e. The van der Waals surface area contributed by atoms with Crippen LogP contribution in [-0.4, -0.2) is 23.3 Å². The number of rotatable bonds is 6. The lowest BCUT2D eigenvalue weighted by molar-refractivity contribution is -0.116. The van der Waals surface area contributed by atoms with Gasteiger partial charge in [0.2, 0.25) is 5.91 Å². The lowest BCUT2D eigenvalue weighted by Gasteiger charge is -2.04. The smallest absolute Gasteiger partial charge is 0.252 e. The third-order valence-corrected chi connectivity index (χ3v) is 5.23. The zero-order valence-corrected chi connectivity index (χ0v) is 16.2. The van der Waals surface area contributed by atoms with Crippen LogP contribution in [0.3, 0.4) is 0 Å². The van der Waals surface area contributed by atoms with Crippen LogP contribution >= 0.6 is 38.6 Å². The average molecular weight is 436 g/mol. The van der Waals surface area contributed by atoms with E-state index in [0.717, 1.165) is 15.7 Å². The van der Waals surface area contributed by atoms with E-state index in [1.165, 1.54) is 22.7 Å². The Balaban J connectivity index is 1.49. The lowest BCUT2D eigenvalue weighted by Crippen LogP contribution is -2.27. The summed E-state index contributed by atoms with van der Waals surface area (Å²) in [5.41, 5.74) is 2.41. The summed E-state index contributed by atoms with van der Waals surface area (Å²) in [6.45, 7) is 0.282. The van der Waals surface area contributed by atoms with Crippen LogP contribution in [0.25, 0.3) is 11.3 Å². The Morgan fingerprint density at radius 2 is 2.08 bits per heavy atom. The number of aromatic nitrogens is 1. The van der Waals surface area contributed by atoms with Gasteiger partial charge in [-0.15, -0.1) is 11.3 Å². The van der Waals surface area contributed by atoms with Crippen LogP contribution < -0.4 is 10.6 Å². The molecule has 0 saturated heterocycles. The van der Waals surface area contributed by atoms with E-state index in [9.17, 15) is 9.59 Å². The molecule has 25 heavy (non-hydrogen) atoms. The number of nitrogens with zero attached hydrogens (tertiary/aromatic N) is 1. The van der Waals surface area contributed by atoms with Crippen LogP contribution in [0.15, 0.2) is 50.9 Å². The fraction of sp³-hybridized carbons (Fsp3) is 0.118. The van der Waals surface area contributed by atoms with Crippen molar-refractivity contribution in [3.05, 3.63) is 56.5 Å². The SMILES string of the molecule is O=C(CCNC(=O)c1ccsc1)Nc1nc(-c2cccc(Br)c2)cs1. The Morgan fingerprint density at radius 3 is 2.84 bits per heavy atom. The fourth-order valence-electron chi connectivity index (χ4n) is 2.08. The Kier molecular flexibility index (Phi) is 5.95. The van der Waals surface area contributed by atoms with Crippen LogP contribution in [0.5, 0.6) is 0 Å². The molecule has 0 fully saturated rings. The van der Waals surface area contributed by atoms with Crippen LogP contribution in [0.1, 0.15) is 16.8 Å². The quantitative estimate of drug-likeness (QED) is 0.602. The van der Waals surface area contributed by atoms with Gasteiger partial charge in [-0.3, -0.25) is 9.59 Å². The highest BCUT2D eigenvalue weighted by Gasteiger charge is 2.10. The van der Waals surface area contributed by atoms with Crippen molar-refractivity contribution in [2.75, 3.05) is 11.9 Å². The van der Waals surface area contributed by atoms with Gasteiger partial charge in [0, 0.05) is 39.3 Å². The molecule has 0 aliphatic heterocycles. The van der Waals surface area contributed by atoms with Gasteiger partial charge in [0.15, 0.2) is 5.13 Å². The summed E-state index contributed by atoms with van der Waals surface area (Å²) in [6, 6.07) is 9.57. The monoisotopic (exact) mass is 435 g/mol. The molecule has 3 aromatic rings. The summed E-state index contributed by atoms with van der Waals surface area (Å²) >= 11 is 6.27. The number of hydrogen-bond acceptors (Lipinski definition) is 5. The summed E-state index contributed by atoms with van der Waals surface area (Å²) in [6.07, 6.45) is 0.196. The molecule has 0 saturated carbocycles. The van der Waals surface area contributed by atoms with Gasteiger partial charge in [-0.2, -0.15) is 11.3 Å². The van der Waals surface area contributed by atoms with Crippen molar-refractivity contribution >= 4 is 55.5 Å². The van der Waals surface area contributed by atoms with Crippen molar-refractivity contribution in [1.82, 2.24) is 10.3 Å². The van der Waals surface area contributed by atoms with Crippen molar-refractivity contribution in [2.24, 2.45) is 0 Å². The minimum atomic E-state index is -0.180. The van der Waals surface area contributed by atoms with Gasteiger partial charge >= 0.3 is 0 Å². The maximum absolute atomic E-state index is 12.0. The summed E-state index contributed by atoms with van der Waals surface area (Å²) in [5, 5.41) is 11.5. The predicted molar refractivity (Wildman–Crippen MR) is 105 cm³/mol. The van der Waals surface area contributed by atoms with Crippen LogP contribution in [0, 0.1) is 0 Å². The molecule has 1 aromatic carbocycles. The fourth-order valence-corrected chi connectivity index (χ4v) is 3.85. The van der Waals surface area contributed by atoms with Gasteiger partial charge in [0.25, 0.3) is 5.91 Å². The summed E-state index contributed by atoms with van der Waals surface area (Å²) in [7, 11) is 0. The van der Waals surface area contributed by atoms with E-state index in [-0.39, 0.29) is 24.8 Å². The molecule has 0 aliphatic carbocycles. The van der Waals surface area contributed by atoms with Crippen molar-refractivity contribution < 1.29 is 9.59 Å². The first-order valence-corrected chi connectivity index (χ1v) is 10.0. The first kappa shape index (κ1) is 17.8. The highest BCUT2D eigenvalue weighted by Crippen LogP contribution is 2.26. The number of benzene rings is 1. The molecule has 5 nitrogen and oxygen atoms in total. The first-order chi connectivity index (χ1) is 12.1. The molecule has 0 bridgehead atoms. The van der Waals surface area contributed by atoms with E-state index in [1.54, 1.807) is 11.4 Å². The molecular weight excluding hydrogens is 422 g/mol. The first-order valence-electron chi connectivity index (χ1n) is 7.43. The number of carbonyl (C=O) groups excluding carboxylic acids is 2. The molecule has 128 valence electrons. The van der Waals surface area contributed by atoms with E-state index >= 15 is 0 Å². The van der Waals surface area contributed by atoms with Crippen molar-refractivity contribution in [2.45, 2.75) is 6.42 Å². The number of amides is 2. The minimum absolute atomic E-state index is 0.166. The maximum atomic E-state index is 12.0. The zero-order valence-electron chi connectivity index (χ0n) is 13.0. The van der Waals surface area contributed by atoms with Crippen molar-refractivity contribution in [1.29, 1.82) is 0 Å². The lowest BCUT2D eigenvalue weighted by atomic mass is 10.2. The molecule has 0 radical (unpaired) electrons. The molecule has 2 N–H and O–H groups in total. The molecule has 2 heterocycles. The summed E-state index contributed by atoms with van der Waals surface area (Å²) in [5.74, 6) is -0.346. The van der Waals surface area contributed by atoms with Gasteiger partial charge in [-0.25, -0.2) is 4.98 Å². The summed E-state index contributed by atoms with van der Waals surface area (Å²) in [4.78, 5) is 28.2. The van der Waals surface area contributed by atoms with E-state index < -0.39 is 0 Å². The Labute approximate surface area is 161 Å². The molecule has 3 rings (SSSR count). The molecule has 0 atom stereocenters. The highest BCUT2D eigenvalue weighted by atomic mass is 79.9. The topological polar surface area (TPSA) is 71.1 Å². The van der Waals surface area contributed by atoms with Gasteiger partial charge < -0.3 is 10.6 Å². The average Bonchev–Trinajstić information content (AvgIpc) is 3.26. The number of thiazole rings is 1. The van der Waals surface area contributed by atoms with E-state index in [4.69, 9.17) is 0 Å². The standard InChI is InChI=1S/C17H14BrN3O2S2/c18-13-3-1-2-11(8-13)14-10-25-17(20-14)21-15(22)4-6-19-16(23)12-5-7-24-9-12/h1-3,5,7-10H,4,6H2,(H,19,23)(H,20,21,22). The highest BCUT2D eigenvalue weighted by molar-refractivity contribution is 9.10. The molecule has 8 heteroatoms. The second-order valence-electron chi connectivity index (χ2n) is 5.11. The number of halogens is 1. The number of hydrogen-bond donors (Lipinski definition) is 2. The van der Waals surface area contributed by atoms with Crippen molar-refractivity contribution in [3.63, 3.8) is 0 Å². The van der Waals surface area contributed by atoms with Gasteiger partial charge in [0.1, 0.15) is 0 Å². The van der Waals surface area contributed by atoms with Crippen LogP contribution in [-0.2, 0) is 4.79 Å². The Bertz CT molecular complexity index is 878. The Hall–Kier alpha value is -2.03. The molecule has 0 unspecified atom stereocenters. The molecule has 2 aromatic heterocycles. The van der Waals surface area contributed by atoms with Gasteiger partial charge in [0.05, 0.1) is 5.69 Å². The largest absolute Gasteiger partial charge is 0.351 e. The zero-order chi connectivity index (χ0) is 17.6. The summed E-state index contributed by atoms with van der Waals surface area (Å²) < 4.78 is 0.977. The minimum Gasteiger partial charge on any atom is -0.351 e. The third-order valence-electron chi connectivity index (χ3n) is 3.29. The normalized spacial score (nSPS) is 10.4. The Morgan fingerprint density at radius 1 is 1.20 bits per heavy atom. The van der Waals surface area contributed by atoms with Gasteiger partial charge in [-0.05, 0) is 23.6 Å². The van der Waals surface area contributed by atoms with Crippen molar-refractivity contribution in [3.8, 4) is 11.3 Å². The number of carbonyl (C=O) groups is 2. The van der Waals surface area contributed by atoms with E-state index in [1.807, 2.05) is 35.0 Å².